The average Bonchev–Trinajstić information content (AvgIpc) is 2.81. The van der Waals surface area contributed by atoms with Crippen LogP contribution in [-0.4, -0.2) is 25.3 Å². The molecule has 1 aromatic carbocycles. The van der Waals surface area contributed by atoms with Crippen LogP contribution < -0.4 is 9.47 Å². The van der Waals surface area contributed by atoms with E-state index in [-0.39, 0.29) is 0 Å². The number of hydrogen-bond donors (Lipinski definition) is 1. The lowest BCUT2D eigenvalue weighted by Crippen LogP contribution is -1.94. The third-order valence-electron chi connectivity index (χ3n) is 2.50. The standard InChI is InChI=1S/C13H12O5/c1-16-11-8(3-4-10(14)15)7-9-5-6-18-12(9)13(11)17-2/h3-7H,1-2H3,(H,14,15)/b4-3-. The molecular formula is C13H12O5. The highest BCUT2D eigenvalue weighted by atomic mass is 16.5. The molecule has 1 heterocycles. The van der Waals surface area contributed by atoms with Crippen LogP contribution in [0.3, 0.4) is 0 Å². The SMILES string of the molecule is COc1c(/C=C\C(=O)O)cc2ccoc2c1OC. The van der Waals surface area contributed by atoms with Gasteiger partial charge in [-0.3, -0.25) is 0 Å². The van der Waals surface area contributed by atoms with E-state index in [2.05, 4.69) is 0 Å². The molecule has 0 atom stereocenters. The lowest BCUT2D eigenvalue weighted by Gasteiger charge is -2.10. The van der Waals surface area contributed by atoms with Crippen molar-refractivity contribution in [1.82, 2.24) is 0 Å². The van der Waals surface area contributed by atoms with Crippen molar-refractivity contribution in [2.75, 3.05) is 14.2 Å². The van der Waals surface area contributed by atoms with Crippen molar-refractivity contribution in [3.63, 3.8) is 0 Å². The molecule has 1 N–H and O–H groups in total. The Labute approximate surface area is 103 Å². The molecule has 18 heavy (non-hydrogen) atoms. The largest absolute Gasteiger partial charge is 0.492 e. The van der Waals surface area contributed by atoms with Crippen molar-refractivity contribution < 1.29 is 23.8 Å². The van der Waals surface area contributed by atoms with Gasteiger partial charge in [0, 0.05) is 17.0 Å². The van der Waals surface area contributed by atoms with E-state index in [9.17, 15) is 4.79 Å². The average molecular weight is 248 g/mol. The van der Waals surface area contributed by atoms with Crippen molar-refractivity contribution in [1.29, 1.82) is 0 Å². The zero-order valence-electron chi connectivity index (χ0n) is 9.97. The molecule has 0 unspecified atom stereocenters. The maximum absolute atomic E-state index is 10.6. The number of furan rings is 1. The van der Waals surface area contributed by atoms with E-state index in [0.717, 1.165) is 11.5 Å². The van der Waals surface area contributed by atoms with E-state index in [1.165, 1.54) is 26.6 Å². The van der Waals surface area contributed by atoms with Crippen LogP contribution in [0.25, 0.3) is 17.0 Å². The predicted molar refractivity (Wildman–Crippen MR) is 66.0 cm³/mol. The zero-order chi connectivity index (χ0) is 13.1. The smallest absolute Gasteiger partial charge is 0.328 e. The van der Waals surface area contributed by atoms with Gasteiger partial charge in [-0.2, -0.15) is 0 Å². The van der Waals surface area contributed by atoms with E-state index in [4.69, 9.17) is 19.0 Å². The summed E-state index contributed by atoms with van der Waals surface area (Å²) in [5, 5.41) is 9.48. The number of benzene rings is 1. The first kappa shape index (κ1) is 12.0. The van der Waals surface area contributed by atoms with E-state index >= 15 is 0 Å². The van der Waals surface area contributed by atoms with E-state index in [0.29, 0.717) is 22.6 Å². The van der Waals surface area contributed by atoms with Crippen molar-refractivity contribution in [2.24, 2.45) is 0 Å². The Morgan fingerprint density at radius 1 is 1.33 bits per heavy atom. The predicted octanol–water partition coefficient (Wildman–Crippen LogP) is 2.55. The van der Waals surface area contributed by atoms with Gasteiger partial charge in [0.2, 0.25) is 5.75 Å². The molecular weight excluding hydrogens is 236 g/mol. The number of hydrogen-bond acceptors (Lipinski definition) is 4. The number of carboxylic acids is 1. The Morgan fingerprint density at radius 2 is 2.06 bits per heavy atom. The third-order valence-corrected chi connectivity index (χ3v) is 2.50. The summed E-state index contributed by atoms with van der Waals surface area (Å²) in [7, 11) is 3.00. The number of fused-ring (bicyclic) bond motifs is 1. The quantitative estimate of drug-likeness (QED) is 0.842. The highest BCUT2D eigenvalue weighted by molar-refractivity contribution is 5.92. The van der Waals surface area contributed by atoms with Crippen molar-refractivity contribution in [3.8, 4) is 11.5 Å². The van der Waals surface area contributed by atoms with E-state index in [1.54, 1.807) is 12.1 Å². The van der Waals surface area contributed by atoms with Crippen LogP contribution in [0.5, 0.6) is 11.5 Å². The van der Waals surface area contributed by atoms with Gasteiger partial charge in [0.05, 0.1) is 20.5 Å². The fourth-order valence-corrected chi connectivity index (χ4v) is 1.77. The van der Waals surface area contributed by atoms with Gasteiger partial charge in [0.25, 0.3) is 0 Å². The van der Waals surface area contributed by atoms with Crippen LogP contribution in [0.1, 0.15) is 5.56 Å². The Morgan fingerprint density at radius 3 is 2.67 bits per heavy atom. The molecule has 94 valence electrons. The number of carbonyl (C=O) groups is 1. The van der Waals surface area contributed by atoms with Gasteiger partial charge in [-0.05, 0) is 18.2 Å². The van der Waals surface area contributed by atoms with Crippen molar-refractivity contribution in [3.05, 3.63) is 30.0 Å². The van der Waals surface area contributed by atoms with Crippen LogP contribution >= 0.6 is 0 Å². The summed E-state index contributed by atoms with van der Waals surface area (Å²) in [6.07, 6.45) is 4.04. The third kappa shape index (κ3) is 2.02. The van der Waals surface area contributed by atoms with E-state index in [1.807, 2.05) is 0 Å². The molecule has 0 saturated carbocycles. The molecule has 0 bridgehead atoms. The van der Waals surface area contributed by atoms with Gasteiger partial charge in [-0.15, -0.1) is 0 Å². The van der Waals surface area contributed by atoms with Crippen LogP contribution in [0, 0.1) is 0 Å². The highest BCUT2D eigenvalue weighted by Gasteiger charge is 2.15. The number of ether oxygens (including phenoxy) is 2. The van der Waals surface area contributed by atoms with Gasteiger partial charge in [0.1, 0.15) is 0 Å². The first-order valence-corrected chi connectivity index (χ1v) is 5.20. The van der Waals surface area contributed by atoms with Crippen LogP contribution in [0.4, 0.5) is 0 Å². The summed E-state index contributed by atoms with van der Waals surface area (Å²) in [6, 6.07) is 3.55. The molecule has 0 spiro atoms. The number of methoxy groups -OCH3 is 2. The Balaban J connectivity index is 2.67. The highest BCUT2D eigenvalue weighted by Crippen LogP contribution is 2.39. The minimum Gasteiger partial charge on any atom is -0.492 e. The fourth-order valence-electron chi connectivity index (χ4n) is 1.77. The Bertz CT molecular complexity index is 609. The number of rotatable bonds is 4. The monoisotopic (exact) mass is 248 g/mol. The summed E-state index contributed by atoms with van der Waals surface area (Å²) < 4.78 is 15.8. The summed E-state index contributed by atoms with van der Waals surface area (Å²) >= 11 is 0. The maximum atomic E-state index is 10.6. The second-order valence-electron chi connectivity index (χ2n) is 3.54. The summed E-state index contributed by atoms with van der Waals surface area (Å²) in [5.41, 5.74) is 1.19. The molecule has 5 nitrogen and oxygen atoms in total. The zero-order valence-corrected chi connectivity index (χ0v) is 9.97. The lowest BCUT2D eigenvalue weighted by molar-refractivity contribution is -0.131. The van der Waals surface area contributed by atoms with Gasteiger partial charge in [-0.1, -0.05) is 0 Å². The van der Waals surface area contributed by atoms with Crippen molar-refractivity contribution >= 4 is 23.0 Å². The molecule has 0 saturated heterocycles. The minimum atomic E-state index is -1.02. The fraction of sp³-hybridized carbons (Fsp3) is 0.154. The molecule has 5 heteroatoms. The lowest BCUT2D eigenvalue weighted by atomic mass is 10.1. The van der Waals surface area contributed by atoms with Gasteiger partial charge >= 0.3 is 5.97 Å². The normalized spacial score (nSPS) is 11.0. The minimum absolute atomic E-state index is 0.442. The molecule has 0 aliphatic rings. The summed E-state index contributed by atoms with van der Waals surface area (Å²) in [4.78, 5) is 10.6. The number of aliphatic carboxylic acids is 1. The van der Waals surface area contributed by atoms with Crippen molar-refractivity contribution in [2.45, 2.75) is 0 Å². The summed E-state index contributed by atoms with van der Waals surface area (Å²) in [5.74, 6) is -0.134. The maximum Gasteiger partial charge on any atom is 0.328 e. The first-order valence-electron chi connectivity index (χ1n) is 5.20. The molecule has 0 fully saturated rings. The second kappa shape index (κ2) is 4.83. The topological polar surface area (TPSA) is 68.9 Å². The number of carboxylic acid groups (broad SMARTS) is 1. The van der Waals surface area contributed by atoms with E-state index < -0.39 is 5.97 Å². The van der Waals surface area contributed by atoms with Crippen LogP contribution in [0.15, 0.2) is 28.9 Å². The molecule has 2 rings (SSSR count). The first-order chi connectivity index (χ1) is 8.67. The molecule has 0 radical (unpaired) electrons. The molecule has 0 amide bonds. The molecule has 2 aromatic rings. The second-order valence-corrected chi connectivity index (χ2v) is 3.54. The molecule has 1 aromatic heterocycles. The Hall–Kier alpha value is -2.43. The molecule has 0 aliphatic carbocycles. The van der Waals surface area contributed by atoms with Gasteiger partial charge in [0.15, 0.2) is 11.3 Å². The van der Waals surface area contributed by atoms with Crippen LogP contribution in [0.2, 0.25) is 0 Å². The van der Waals surface area contributed by atoms with Crippen LogP contribution in [-0.2, 0) is 4.79 Å². The Kier molecular flexibility index (Phi) is 3.23. The summed E-state index contributed by atoms with van der Waals surface area (Å²) in [6.45, 7) is 0. The van der Waals surface area contributed by atoms with Gasteiger partial charge < -0.3 is 19.0 Å². The molecule has 0 aliphatic heterocycles. The van der Waals surface area contributed by atoms with Gasteiger partial charge in [-0.25, -0.2) is 4.79 Å².